The molecule has 2 aliphatic rings. The molecule has 0 saturated heterocycles. The second-order valence-electron chi connectivity index (χ2n) is 9.53. The van der Waals surface area contributed by atoms with E-state index in [1.54, 1.807) is 12.1 Å². The molecule has 182 valence electrons. The average molecular weight is 494 g/mol. The first-order valence-corrected chi connectivity index (χ1v) is 12.7. The van der Waals surface area contributed by atoms with Gasteiger partial charge in [-0.25, -0.2) is 4.90 Å². The number of carbonyl (C=O) groups is 2. The molecule has 0 aromatic heterocycles. The average Bonchev–Trinajstić information content (AvgIpc) is 3.53. The lowest BCUT2D eigenvalue weighted by molar-refractivity contribution is 0.0926. The van der Waals surface area contributed by atoms with E-state index in [2.05, 4.69) is 29.3 Å². The zero-order valence-electron chi connectivity index (χ0n) is 20.5. The third kappa shape index (κ3) is 3.44. The Labute approximate surface area is 220 Å². The second-order valence-corrected chi connectivity index (χ2v) is 9.53. The number of hydrogen-bond acceptors (Lipinski definition) is 4. The molecular weight excluding hydrogens is 470 g/mol. The fourth-order valence-corrected chi connectivity index (χ4v) is 5.58. The van der Waals surface area contributed by atoms with Crippen molar-refractivity contribution in [1.82, 2.24) is 0 Å². The maximum absolute atomic E-state index is 13.6. The first-order chi connectivity index (χ1) is 18.7. The van der Waals surface area contributed by atoms with Gasteiger partial charge in [-0.3, -0.25) is 14.6 Å². The maximum Gasteiger partial charge on any atom is 0.266 e. The van der Waals surface area contributed by atoms with Gasteiger partial charge in [0.15, 0.2) is 0 Å². The van der Waals surface area contributed by atoms with Crippen molar-refractivity contribution in [2.75, 3.05) is 9.91 Å². The van der Waals surface area contributed by atoms with Crippen molar-refractivity contribution in [1.29, 1.82) is 0 Å². The smallest absolute Gasteiger partial charge is 0.266 e. The van der Waals surface area contributed by atoms with Crippen molar-refractivity contribution >= 4 is 39.7 Å². The molecule has 0 saturated carbocycles. The first kappa shape index (κ1) is 22.2. The minimum absolute atomic E-state index is 0.0127. The van der Waals surface area contributed by atoms with Crippen LogP contribution in [0.1, 0.15) is 44.3 Å². The van der Waals surface area contributed by atoms with Crippen molar-refractivity contribution < 1.29 is 9.59 Å². The fourth-order valence-electron chi connectivity index (χ4n) is 5.58. The van der Waals surface area contributed by atoms with Gasteiger partial charge in [0.2, 0.25) is 0 Å². The number of rotatable bonds is 4. The van der Waals surface area contributed by atoms with Crippen molar-refractivity contribution in [2.45, 2.75) is 12.5 Å². The van der Waals surface area contributed by atoms with E-state index in [4.69, 9.17) is 5.10 Å². The van der Waals surface area contributed by atoms with Crippen LogP contribution in [0.5, 0.6) is 0 Å². The number of para-hydroxylation sites is 2. The Kier molecular flexibility index (Phi) is 5.15. The van der Waals surface area contributed by atoms with Crippen LogP contribution in [-0.4, -0.2) is 17.5 Å². The highest BCUT2D eigenvalue weighted by molar-refractivity contribution is 6.38. The molecule has 5 heteroatoms. The van der Waals surface area contributed by atoms with Crippen LogP contribution in [0, 0.1) is 0 Å². The van der Waals surface area contributed by atoms with Crippen LogP contribution in [-0.2, 0) is 0 Å². The van der Waals surface area contributed by atoms with E-state index in [1.165, 1.54) is 10.5 Å². The van der Waals surface area contributed by atoms with E-state index in [1.807, 2.05) is 84.9 Å². The first-order valence-electron chi connectivity index (χ1n) is 12.7. The highest BCUT2D eigenvalue weighted by atomic mass is 16.2. The van der Waals surface area contributed by atoms with Gasteiger partial charge < -0.3 is 0 Å². The monoisotopic (exact) mass is 493 g/mol. The minimum atomic E-state index is -0.304. The molecule has 0 fully saturated rings. The molecule has 1 atom stereocenters. The SMILES string of the molecule is O=C1c2cc(C3=NN(c4ccccc4)C(c4ccccc4)C3)c3ccccc3c2C(=O)N1c1ccccc1. The zero-order chi connectivity index (χ0) is 25.6. The van der Waals surface area contributed by atoms with Gasteiger partial charge in [0.05, 0.1) is 34.3 Å². The summed E-state index contributed by atoms with van der Waals surface area (Å²) >= 11 is 0. The lowest BCUT2D eigenvalue weighted by atomic mass is 9.91. The van der Waals surface area contributed by atoms with Crippen LogP contribution in [0.3, 0.4) is 0 Å². The van der Waals surface area contributed by atoms with Gasteiger partial charge in [0, 0.05) is 12.0 Å². The summed E-state index contributed by atoms with van der Waals surface area (Å²) in [5.41, 5.74) is 5.39. The third-order valence-corrected chi connectivity index (χ3v) is 7.34. The van der Waals surface area contributed by atoms with Gasteiger partial charge in [-0.05, 0) is 46.7 Å². The number of imide groups is 1. The molecule has 5 aromatic rings. The Morgan fingerprint density at radius 1 is 0.605 bits per heavy atom. The van der Waals surface area contributed by atoms with Crippen molar-refractivity contribution in [3.05, 3.63) is 144 Å². The van der Waals surface area contributed by atoms with E-state index < -0.39 is 0 Å². The van der Waals surface area contributed by atoms with E-state index in [0.29, 0.717) is 23.2 Å². The molecule has 0 N–H and O–H groups in total. The summed E-state index contributed by atoms with van der Waals surface area (Å²) < 4.78 is 0. The third-order valence-electron chi connectivity index (χ3n) is 7.34. The molecule has 0 bridgehead atoms. The highest BCUT2D eigenvalue weighted by Crippen LogP contribution is 2.40. The number of hydrogen-bond donors (Lipinski definition) is 0. The quantitative estimate of drug-likeness (QED) is 0.253. The zero-order valence-corrected chi connectivity index (χ0v) is 20.5. The van der Waals surface area contributed by atoms with Gasteiger partial charge in [-0.2, -0.15) is 5.10 Å². The van der Waals surface area contributed by atoms with E-state index in [-0.39, 0.29) is 17.9 Å². The van der Waals surface area contributed by atoms with E-state index >= 15 is 0 Å². The molecular formula is C33H23N3O2. The second kappa shape index (κ2) is 8.82. The van der Waals surface area contributed by atoms with Crippen molar-refractivity contribution in [2.24, 2.45) is 5.10 Å². The standard InChI is InChI=1S/C33H23N3O2/c37-32-28-20-27(25-18-10-11-19-26(25)31(28)33(38)35(32)23-14-6-2-7-15-23)29-21-30(22-12-4-1-5-13-22)36(34-29)24-16-8-3-9-17-24/h1-20,30H,21H2. The molecule has 5 nitrogen and oxygen atoms in total. The normalized spacial score (nSPS) is 16.7. The van der Waals surface area contributed by atoms with Gasteiger partial charge in [0.25, 0.3) is 11.8 Å². The fraction of sp³-hybridized carbons (Fsp3) is 0.0606. The predicted octanol–water partition coefficient (Wildman–Crippen LogP) is 7.00. The van der Waals surface area contributed by atoms with E-state index in [0.717, 1.165) is 27.7 Å². The van der Waals surface area contributed by atoms with Crippen LogP contribution in [0.2, 0.25) is 0 Å². The molecule has 0 spiro atoms. The summed E-state index contributed by atoms with van der Waals surface area (Å²) in [6.45, 7) is 0. The minimum Gasteiger partial charge on any atom is -0.268 e. The molecule has 2 aliphatic heterocycles. The van der Waals surface area contributed by atoms with Crippen LogP contribution in [0.4, 0.5) is 11.4 Å². The Morgan fingerprint density at radius 3 is 1.87 bits per heavy atom. The number of carbonyl (C=O) groups excluding carboxylic acids is 2. The number of benzene rings is 5. The molecule has 1 unspecified atom stereocenters. The lowest BCUT2D eigenvalue weighted by Crippen LogP contribution is -2.29. The Balaban J connectivity index is 1.40. The number of hydrazone groups is 1. The van der Waals surface area contributed by atoms with Crippen LogP contribution < -0.4 is 9.91 Å². The van der Waals surface area contributed by atoms with Gasteiger partial charge >= 0.3 is 0 Å². The highest BCUT2D eigenvalue weighted by Gasteiger charge is 2.40. The summed E-state index contributed by atoms with van der Waals surface area (Å²) in [5.74, 6) is -0.596. The number of amides is 2. The molecule has 2 heterocycles. The Bertz CT molecular complexity index is 1730. The maximum atomic E-state index is 13.6. The topological polar surface area (TPSA) is 53.0 Å². The lowest BCUT2D eigenvalue weighted by Gasteiger charge is -2.23. The summed E-state index contributed by atoms with van der Waals surface area (Å²) in [6.07, 6.45) is 0.673. The van der Waals surface area contributed by atoms with Crippen LogP contribution in [0.25, 0.3) is 10.8 Å². The van der Waals surface area contributed by atoms with Crippen molar-refractivity contribution in [3.8, 4) is 0 Å². The van der Waals surface area contributed by atoms with Crippen LogP contribution >= 0.6 is 0 Å². The number of nitrogens with zero attached hydrogens (tertiary/aromatic N) is 3. The summed E-state index contributed by atoms with van der Waals surface area (Å²) in [7, 11) is 0. The predicted molar refractivity (Wildman–Crippen MR) is 151 cm³/mol. The molecule has 0 radical (unpaired) electrons. The molecule has 2 amide bonds. The largest absolute Gasteiger partial charge is 0.268 e. The number of anilines is 2. The van der Waals surface area contributed by atoms with Gasteiger partial charge in [0.1, 0.15) is 0 Å². The summed E-state index contributed by atoms with van der Waals surface area (Å²) in [6, 6.07) is 39.3. The molecule has 0 aliphatic carbocycles. The van der Waals surface area contributed by atoms with Gasteiger partial charge in [-0.1, -0.05) is 91.0 Å². The molecule has 38 heavy (non-hydrogen) atoms. The summed E-state index contributed by atoms with van der Waals surface area (Å²) in [5, 5.41) is 8.88. The number of fused-ring (bicyclic) bond motifs is 3. The summed E-state index contributed by atoms with van der Waals surface area (Å²) in [4.78, 5) is 28.5. The van der Waals surface area contributed by atoms with Gasteiger partial charge in [-0.15, -0.1) is 0 Å². The Morgan fingerprint density at radius 2 is 1.18 bits per heavy atom. The Hall–Kier alpha value is -5.03. The van der Waals surface area contributed by atoms with Crippen molar-refractivity contribution in [3.63, 3.8) is 0 Å². The molecule has 7 rings (SSSR count). The molecule has 5 aromatic carbocycles. The van der Waals surface area contributed by atoms with E-state index in [9.17, 15) is 9.59 Å². The van der Waals surface area contributed by atoms with Crippen LogP contribution in [0.15, 0.2) is 126 Å².